The Labute approximate surface area is 129 Å². The Hall–Kier alpha value is -1.95. The molecule has 22 heavy (non-hydrogen) atoms. The molecule has 0 N–H and O–H groups in total. The van der Waals surface area contributed by atoms with Gasteiger partial charge in [-0.05, 0) is 31.9 Å². The fourth-order valence-corrected chi connectivity index (χ4v) is 3.66. The molecule has 1 atom stereocenters. The summed E-state index contributed by atoms with van der Waals surface area (Å²) in [6.07, 6.45) is 6.09. The number of morpholine rings is 1. The lowest BCUT2D eigenvalue weighted by atomic mass is 9.97. The third-order valence-electron chi connectivity index (χ3n) is 4.95. The van der Waals surface area contributed by atoms with Gasteiger partial charge in [0, 0.05) is 0 Å². The van der Waals surface area contributed by atoms with Crippen LogP contribution >= 0.6 is 0 Å². The number of rotatable bonds is 1. The molecule has 0 radical (unpaired) electrons. The Balaban J connectivity index is 1.67. The molecule has 0 aromatic carbocycles. The van der Waals surface area contributed by atoms with Crippen LogP contribution in [0.4, 0.5) is 0 Å². The van der Waals surface area contributed by atoms with Gasteiger partial charge in [-0.15, -0.1) is 10.2 Å². The summed E-state index contributed by atoms with van der Waals surface area (Å²) in [5, 5.41) is 7.91. The Morgan fingerprint density at radius 1 is 1.36 bits per heavy atom. The molecular formula is C16H20N4O2. The van der Waals surface area contributed by atoms with Crippen molar-refractivity contribution in [3.63, 3.8) is 0 Å². The first-order chi connectivity index (χ1) is 10.7. The molecule has 1 saturated carbocycles. The number of pyridine rings is 1. The zero-order valence-electron chi connectivity index (χ0n) is 12.7. The van der Waals surface area contributed by atoms with E-state index in [1.54, 1.807) is 10.7 Å². The largest absolute Gasteiger partial charge is 0.371 e. The molecule has 1 saturated heterocycles. The summed E-state index contributed by atoms with van der Waals surface area (Å²) in [6, 6.07) is 5.63. The van der Waals surface area contributed by atoms with Crippen LogP contribution < -0.4 is 0 Å². The highest BCUT2D eigenvalue weighted by Gasteiger charge is 2.43. The van der Waals surface area contributed by atoms with E-state index in [9.17, 15) is 4.79 Å². The fraction of sp³-hybridized carbons (Fsp3) is 0.562. The second-order valence-corrected chi connectivity index (χ2v) is 6.45. The number of carbonyl (C=O) groups is 1. The van der Waals surface area contributed by atoms with Crippen molar-refractivity contribution in [2.45, 2.75) is 44.2 Å². The Bertz CT molecular complexity index is 705. The van der Waals surface area contributed by atoms with Crippen molar-refractivity contribution in [2.24, 2.45) is 0 Å². The number of carbonyl (C=O) groups excluding carboxylic acids is 1. The van der Waals surface area contributed by atoms with Crippen molar-refractivity contribution >= 4 is 11.6 Å². The lowest BCUT2D eigenvalue weighted by molar-refractivity contribution is -0.115. The molecule has 2 fully saturated rings. The molecule has 1 amide bonds. The van der Waals surface area contributed by atoms with E-state index in [2.05, 4.69) is 10.2 Å². The summed E-state index contributed by atoms with van der Waals surface area (Å²) >= 11 is 0. The van der Waals surface area contributed by atoms with Gasteiger partial charge < -0.3 is 9.64 Å². The highest BCUT2D eigenvalue weighted by molar-refractivity contribution is 5.93. The van der Waals surface area contributed by atoms with Crippen LogP contribution in [0.25, 0.3) is 5.65 Å². The van der Waals surface area contributed by atoms with Crippen LogP contribution in [0.3, 0.4) is 0 Å². The van der Waals surface area contributed by atoms with E-state index in [1.807, 2.05) is 30.0 Å². The molecule has 0 bridgehead atoms. The van der Waals surface area contributed by atoms with Gasteiger partial charge in [-0.3, -0.25) is 9.20 Å². The molecule has 116 valence electrons. The van der Waals surface area contributed by atoms with Crippen molar-refractivity contribution in [1.29, 1.82) is 0 Å². The lowest BCUT2D eigenvalue weighted by Crippen LogP contribution is -2.56. The van der Waals surface area contributed by atoms with E-state index in [0.29, 0.717) is 24.5 Å². The van der Waals surface area contributed by atoms with E-state index in [0.717, 1.165) is 12.8 Å². The first-order valence-electron chi connectivity index (χ1n) is 7.92. The maximum atomic E-state index is 13.1. The van der Waals surface area contributed by atoms with Crippen molar-refractivity contribution < 1.29 is 9.53 Å². The molecule has 1 spiro atoms. The molecule has 1 aliphatic carbocycles. The Morgan fingerprint density at radius 2 is 2.18 bits per heavy atom. The third kappa shape index (κ3) is 2.09. The normalized spacial score (nSPS) is 24.2. The van der Waals surface area contributed by atoms with Gasteiger partial charge in [0.25, 0.3) is 5.91 Å². The number of nitrogens with zero attached hydrogens (tertiary/aromatic N) is 4. The van der Waals surface area contributed by atoms with Crippen LogP contribution in [-0.2, 0) is 4.74 Å². The SMILES string of the molecule is CC1COC2(CCCC2)CN1C(=O)c1cccc2nncn12. The van der Waals surface area contributed by atoms with Crippen LogP contribution in [0, 0.1) is 0 Å². The van der Waals surface area contributed by atoms with E-state index in [-0.39, 0.29) is 17.6 Å². The average molecular weight is 300 g/mol. The summed E-state index contributed by atoms with van der Waals surface area (Å²) in [5.74, 6) is 0.0347. The molecule has 6 heteroatoms. The van der Waals surface area contributed by atoms with Gasteiger partial charge in [-0.1, -0.05) is 18.9 Å². The standard InChI is InChI=1S/C16H20N4O2/c1-12-9-22-16(7-2-3-8-16)10-19(12)15(21)13-5-4-6-14-18-17-11-20(13)14/h4-6,11-12H,2-3,7-10H2,1H3. The van der Waals surface area contributed by atoms with E-state index in [1.165, 1.54) is 12.8 Å². The molecule has 1 aliphatic heterocycles. The zero-order chi connectivity index (χ0) is 15.2. The second kappa shape index (κ2) is 5.05. The van der Waals surface area contributed by atoms with Gasteiger partial charge in [0.15, 0.2) is 5.65 Å². The summed E-state index contributed by atoms with van der Waals surface area (Å²) in [6.45, 7) is 3.35. The predicted molar refractivity (Wildman–Crippen MR) is 80.6 cm³/mol. The molecule has 2 aliphatic rings. The van der Waals surface area contributed by atoms with Crippen molar-refractivity contribution in [3.05, 3.63) is 30.2 Å². The minimum absolute atomic E-state index is 0.0347. The maximum Gasteiger partial charge on any atom is 0.271 e. The third-order valence-corrected chi connectivity index (χ3v) is 4.95. The molecule has 2 aromatic heterocycles. The molecule has 6 nitrogen and oxygen atoms in total. The van der Waals surface area contributed by atoms with E-state index < -0.39 is 0 Å². The highest BCUT2D eigenvalue weighted by atomic mass is 16.5. The van der Waals surface area contributed by atoms with E-state index in [4.69, 9.17) is 4.74 Å². The molecular weight excluding hydrogens is 280 g/mol. The minimum Gasteiger partial charge on any atom is -0.371 e. The minimum atomic E-state index is -0.122. The smallest absolute Gasteiger partial charge is 0.271 e. The van der Waals surface area contributed by atoms with Gasteiger partial charge in [-0.2, -0.15) is 0 Å². The van der Waals surface area contributed by atoms with E-state index >= 15 is 0 Å². The molecule has 1 unspecified atom stereocenters. The average Bonchev–Trinajstić information content (AvgIpc) is 3.18. The zero-order valence-corrected chi connectivity index (χ0v) is 12.7. The number of hydrogen-bond acceptors (Lipinski definition) is 4. The first-order valence-corrected chi connectivity index (χ1v) is 7.92. The number of hydrogen-bond donors (Lipinski definition) is 0. The topological polar surface area (TPSA) is 59.7 Å². The van der Waals surface area contributed by atoms with Gasteiger partial charge in [0.05, 0.1) is 24.8 Å². The monoisotopic (exact) mass is 300 g/mol. The fourth-order valence-electron chi connectivity index (χ4n) is 3.66. The molecule has 4 rings (SSSR count). The number of aromatic nitrogens is 3. The second-order valence-electron chi connectivity index (χ2n) is 6.45. The maximum absolute atomic E-state index is 13.1. The summed E-state index contributed by atoms with van der Waals surface area (Å²) in [7, 11) is 0. The summed E-state index contributed by atoms with van der Waals surface area (Å²) in [5.41, 5.74) is 1.19. The number of fused-ring (bicyclic) bond motifs is 1. The summed E-state index contributed by atoms with van der Waals surface area (Å²) < 4.78 is 7.86. The van der Waals surface area contributed by atoms with Crippen molar-refractivity contribution in [1.82, 2.24) is 19.5 Å². The number of ether oxygens (including phenoxy) is 1. The van der Waals surface area contributed by atoms with Crippen molar-refractivity contribution in [3.8, 4) is 0 Å². The van der Waals surface area contributed by atoms with Crippen LogP contribution in [0.5, 0.6) is 0 Å². The van der Waals surface area contributed by atoms with Crippen molar-refractivity contribution in [2.75, 3.05) is 13.2 Å². The number of amides is 1. The van der Waals surface area contributed by atoms with Gasteiger partial charge in [-0.25, -0.2) is 0 Å². The Morgan fingerprint density at radius 3 is 3.00 bits per heavy atom. The van der Waals surface area contributed by atoms with Gasteiger partial charge in [0.2, 0.25) is 0 Å². The lowest BCUT2D eigenvalue weighted by Gasteiger charge is -2.44. The highest BCUT2D eigenvalue weighted by Crippen LogP contribution is 2.37. The molecule has 2 aromatic rings. The van der Waals surface area contributed by atoms with Crippen LogP contribution in [0.2, 0.25) is 0 Å². The summed E-state index contributed by atoms with van der Waals surface area (Å²) in [4.78, 5) is 15.0. The predicted octanol–water partition coefficient (Wildman–Crippen LogP) is 1.90. The van der Waals surface area contributed by atoms with Gasteiger partial charge >= 0.3 is 0 Å². The molecule has 3 heterocycles. The van der Waals surface area contributed by atoms with Crippen LogP contribution in [0.15, 0.2) is 24.5 Å². The Kier molecular flexibility index (Phi) is 3.14. The van der Waals surface area contributed by atoms with Crippen LogP contribution in [0.1, 0.15) is 43.1 Å². The van der Waals surface area contributed by atoms with Crippen LogP contribution in [-0.4, -0.2) is 50.2 Å². The quantitative estimate of drug-likeness (QED) is 0.807. The first kappa shape index (κ1) is 13.7. The van der Waals surface area contributed by atoms with Gasteiger partial charge in [0.1, 0.15) is 12.0 Å².